The fourth-order valence-corrected chi connectivity index (χ4v) is 1.31. The molecule has 0 saturated carbocycles. The third-order valence-electron chi connectivity index (χ3n) is 1.64. The maximum Gasteiger partial charge on any atom is 0.218 e. The molecule has 1 heterocycles. The van der Waals surface area contributed by atoms with E-state index in [9.17, 15) is 4.39 Å². The normalized spacial score (nSPS) is 10.5. The number of benzene rings is 1. The topological polar surface area (TPSA) is 41.6 Å². The summed E-state index contributed by atoms with van der Waals surface area (Å²) >= 11 is 11.1. The van der Waals surface area contributed by atoms with Crippen molar-refractivity contribution < 1.29 is 4.39 Å². The number of hydrogen-bond donors (Lipinski definition) is 1. The Kier molecular flexibility index (Phi) is 2.39. The molecule has 0 bridgehead atoms. The summed E-state index contributed by atoms with van der Waals surface area (Å²) in [5, 5.41) is 6.49. The van der Waals surface area contributed by atoms with Gasteiger partial charge in [0.1, 0.15) is 5.82 Å². The third kappa shape index (κ3) is 1.71. The number of H-pyrrole nitrogens is 1. The summed E-state index contributed by atoms with van der Waals surface area (Å²) in [6, 6.07) is 4.22. The zero-order valence-electron chi connectivity index (χ0n) is 6.76. The maximum absolute atomic E-state index is 12.8. The molecule has 1 aromatic heterocycles. The zero-order valence-corrected chi connectivity index (χ0v) is 8.27. The van der Waals surface area contributed by atoms with Gasteiger partial charge in [-0.25, -0.2) is 9.49 Å². The summed E-state index contributed by atoms with van der Waals surface area (Å²) in [6.45, 7) is 0. The molecule has 14 heavy (non-hydrogen) atoms. The molecule has 0 amide bonds. The van der Waals surface area contributed by atoms with E-state index in [2.05, 4.69) is 15.2 Å². The molecule has 0 aliphatic carbocycles. The van der Waals surface area contributed by atoms with E-state index >= 15 is 0 Å². The van der Waals surface area contributed by atoms with Crippen molar-refractivity contribution in [2.75, 3.05) is 0 Å². The Hall–Kier alpha value is -1.13. The lowest BCUT2D eigenvalue weighted by atomic mass is 10.2. The molecule has 0 spiro atoms. The summed E-state index contributed by atoms with van der Waals surface area (Å²) < 4.78 is 12.8. The van der Waals surface area contributed by atoms with Crippen molar-refractivity contribution >= 4 is 23.2 Å². The van der Waals surface area contributed by atoms with Crippen LogP contribution in [0.15, 0.2) is 18.2 Å². The van der Waals surface area contributed by atoms with E-state index in [0.29, 0.717) is 11.4 Å². The first kappa shape index (κ1) is 9.43. The number of halogens is 3. The fourth-order valence-electron chi connectivity index (χ4n) is 1.01. The predicted octanol–water partition coefficient (Wildman–Crippen LogP) is 2.92. The quantitative estimate of drug-likeness (QED) is 0.821. The summed E-state index contributed by atoms with van der Waals surface area (Å²) in [5.74, 6) is -0.0889. The molecule has 0 radical (unpaired) electrons. The Bertz CT molecular complexity index is 469. The molecule has 0 unspecified atom stereocenters. The smallest absolute Gasteiger partial charge is 0.218 e. The van der Waals surface area contributed by atoms with Crippen LogP contribution in [-0.2, 0) is 0 Å². The molecule has 72 valence electrons. The Balaban J connectivity index is 2.47. The van der Waals surface area contributed by atoms with Crippen LogP contribution in [0.1, 0.15) is 0 Å². The number of nitrogens with zero attached hydrogens (tertiary/aromatic N) is 2. The monoisotopic (exact) mass is 231 g/mol. The van der Waals surface area contributed by atoms with Crippen molar-refractivity contribution in [2.24, 2.45) is 0 Å². The van der Waals surface area contributed by atoms with Crippen LogP contribution in [-0.4, -0.2) is 15.2 Å². The van der Waals surface area contributed by atoms with E-state index in [4.69, 9.17) is 23.2 Å². The van der Waals surface area contributed by atoms with Crippen LogP contribution in [0.25, 0.3) is 11.4 Å². The van der Waals surface area contributed by atoms with Gasteiger partial charge in [-0.1, -0.05) is 11.6 Å². The van der Waals surface area contributed by atoms with Gasteiger partial charge in [0.05, 0.1) is 5.02 Å². The molecular weight excluding hydrogens is 228 g/mol. The first-order valence-electron chi connectivity index (χ1n) is 3.70. The third-order valence-corrected chi connectivity index (χ3v) is 2.09. The molecular formula is C8H4Cl2FN3. The molecule has 0 saturated heterocycles. The van der Waals surface area contributed by atoms with E-state index in [0.717, 1.165) is 0 Å². The largest absolute Gasteiger partial charge is 0.249 e. The average Bonchev–Trinajstić information content (AvgIpc) is 2.57. The molecule has 3 nitrogen and oxygen atoms in total. The van der Waals surface area contributed by atoms with Crippen LogP contribution in [0.3, 0.4) is 0 Å². The lowest BCUT2D eigenvalue weighted by Gasteiger charge is -1.96. The SMILES string of the molecule is Fc1ccc(-c2n[nH]c(Cl)n2)cc1Cl. The highest BCUT2D eigenvalue weighted by Gasteiger charge is 2.07. The minimum atomic E-state index is -0.475. The highest BCUT2D eigenvalue weighted by atomic mass is 35.5. The second kappa shape index (κ2) is 3.55. The number of rotatable bonds is 1. The molecule has 0 fully saturated rings. The second-order valence-corrected chi connectivity index (χ2v) is 3.34. The Morgan fingerprint density at radius 3 is 2.64 bits per heavy atom. The van der Waals surface area contributed by atoms with Gasteiger partial charge in [-0.05, 0) is 29.8 Å². The van der Waals surface area contributed by atoms with Gasteiger partial charge in [-0.15, -0.1) is 0 Å². The Morgan fingerprint density at radius 2 is 2.07 bits per heavy atom. The first-order chi connectivity index (χ1) is 6.66. The van der Waals surface area contributed by atoms with Gasteiger partial charge in [0.25, 0.3) is 0 Å². The molecule has 1 aromatic carbocycles. The van der Waals surface area contributed by atoms with Crippen LogP contribution in [0.2, 0.25) is 10.3 Å². The summed E-state index contributed by atoms with van der Waals surface area (Å²) in [7, 11) is 0. The van der Waals surface area contributed by atoms with Gasteiger partial charge >= 0.3 is 0 Å². The second-order valence-electron chi connectivity index (χ2n) is 2.58. The van der Waals surface area contributed by atoms with Crippen molar-refractivity contribution in [1.82, 2.24) is 15.2 Å². The average molecular weight is 232 g/mol. The molecule has 6 heteroatoms. The number of nitrogens with one attached hydrogen (secondary N) is 1. The summed E-state index contributed by atoms with van der Waals surface area (Å²) in [5.41, 5.74) is 0.611. The molecule has 2 rings (SSSR count). The van der Waals surface area contributed by atoms with Gasteiger partial charge in [0, 0.05) is 5.56 Å². The van der Waals surface area contributed by atoms with Gasteiger partial charge in [-0.3, -0.25) is 0 Å². The van der Waals surface area contributed by atoms with Crippen molar-refractivity contribution in [3.8, 4) is 11.4 Å². The van der Waals surface area contributed by atoms with Crippen LogP contribution < -0.4 is 0 Å². The van der Waals surface area contributed by atoms with Crippen molar-refractivity contribution in [3.05, 3.63) is 34.3 Å². The zero-order chi connectivity index (χ0) is 10.1. The van der Waals surface area contributed by atoms with E-state index in [1.807, 2.05) is 0 Å². The molecule has 0 aliphatic rings. The highest BCUT2D eigenvalue weighted by Crippen LogP contribution is 2.22. The van der Waals surface area contributed by atoms with Crippen molar-refractivity contribution in [1.29, 1.82) is 0 Å². The Morgan fingerprint density at radius 1 is 1.29 bits per heavy atom. The van der Waals surface area contributed by atoms with Crippen molar-refractivity contribution in [2.45, 2.75) is 0 Å². The lowest BCUT2D eigenvalue weighted by Crippen LogP contribution is -1.83. The van der Waals surface area contributed by atoms with Crippen LogP contribution in [0, 0.1) is 5.82 Å². The van der Waals surface area contributed by atoms with E-state index in [1.165, 1.54) is 18.2 Å². The van der Waals surface area contributed by atoms with Crippen LogP contribution in [0.5, 0.6) is 0 Å². The van der Waals surface area contributed by atoms with Crippen LogP contribution in [0.4, 0.5) is 4.39 Å². The minimum absolute atomic E-state index is 0.0309. The number of aromatic amines is 1. The minimum Gasteiger partial charge on any atom is -0.249 e. The van der Waals surface area contributed by atoms with Crippen LogP contribution >= 0.6 is 23.2 Å². The molecule has 0 atom stereocenters. The molecule has 0 aliphatic heterocycles. The number of aromatic nitrogens is 3. The number of hydrogen-bond acceptors (Lipinski definition) is 2. The van der Waals surface area contributed by atoms with E-state index < -0.39 is 5.82 Å². The fraction of sp³-hybridized carbons (Fsp3) is 0. The Labute approximate surface area is 88.9 Å². The van der Waals surface area contributed by atoms with E-state index in [1.54, 1.807) is 0 Å². The summed E-state index contributed by atoms with van der Waals surface area (Å²) in [4.78, 5) is 3.87. The van der Waals surface area contributed by atoms with Gasteiger partial charge < -0.3 is 0 Å². The molecule has 1 N–H and O–H groups in total. The molecule has 2 aromatic rings. The van der Waals surface area contributed by atoms with Gasteiger partial charge in [0.2, 0.25) is 5.28 Å². The lowest BCUT2D eigenvalue weighted by molar-refractivity contribution is 0.628. The standard InChI is InChI=1S/C8H4Cl2FN3/c9-5-3-4(1-2-6(5)11)7-12-8(10)14-13-7/h1-3H,(H,12,13,14). The highest BCUT2D eigenvalue weighted by molar-refractivity contribution is 6.31. The maximum atomic E-state index is 12.8. The predicted molar refractivity (Wildman–Crippen MR) is 51.8 cm³/mol. The van der Waals surface area contributed by atoms with Crippen molar-refractivity contribution in [3.63, 3.8) is 0 Å². The van der Waals surface area contributed by atoms with Gasteiger partial charge in [0.15, 0.2) is 5.82 Å². The summed E-state index contributed by atoms with van der Waals surface area (Å²) in [6.07, 6.45) is 0. The van der Waals surface area contributed by atoms with Gasteiger partial charge in [-0.2, -0.15) is 10.1 Å². The van der Waals surface area contributed by atoms with E-state index in [-0.39, 0.29) is 10.3 Å². The first-order valence-corrected chi connectivity index (χ1v) is 4.46.